The molecule has 2 aromatic carbocycles. The van der Waals surface area contributed by atoms with Crippen molar-refractivity contribution in [2.24, 2.45) is 4.99 Å². The molecule has 2 amide bonds. The third-order valence-electron chi connectivity index (χ3n) is 7.51. The largest absolute Gasteiger partial charge is 2.00 e. The number of alkyl halides is 3. The van der Waals surface area contributed by atoms with Crippen LogP contribution in [0.5, 0.6) is 0 Å². The van der Waals surface area contributed by atoms with Crippen LogP contribution in [0.2, 0.25) is 0 Å². The molecular formula is C31H25F4N5O3U. The van der Waals surface area contributed by atoms with Crippen molar-refractivity contribution in [1.82, 2.24) is 15.6 Å². The Hall–Kier alpha value is -3.82. The van der Waals surface area contributed by atoms with Crippen LogP contribution in [0.1, 0.15) is 52.1 Å². The van der Waals surface area contributed by atoms with Crippen LogP contribution in [0.25, 0.3) is 39.0 Å². The van der Waals surface area contributed by atoms with Gasteiger partial charge in [0, 0.05) is 30.2 Å². The van der Waals surface area contributed by atoms with Crippen LogP contribution in [0, 0.1) is 36.9 Å². The predicted octanol–water partition coefficient (Wildman–Crippen LogP) is 6.35. The number of benzene rings is 2. The molecular weight excluding hydrogens is 804 g/mol. The van der Waals surface area contributed by atoms with E-state index in [9.17, 15) is 32.6 Å². The molecule has 0 spiro atoms. The second-order valence-electron chi connectivity index (χ2n) is 10.3. The maximum atomic E-state index is 13.6. The zero-order valence-electron chi connectivity index (χ0n) is 23.4. The van der Waals surface area contributed by atoms with E-state index < -0.39 is 48.0 Å². The summed E-state index contributed by atoms with van der Waals surface area (Å²) >= 11 is 0. The van der Waals surface area contributed by atoms with Gasteiger partial charge in [-0.25, -0.2) is 15.2 Å². The number of halogens is 4. The summed E-state index contributed by atoms with van der Waals surface area (Å²) in [5.41, 5.74) is 0.0995. The van der Waals surface area contributed by atoms with Crippen molar-refractivity contribution in [2.45, 2.75) is 43.8 Å². The van der Waals surface area contributed by atoms with E-state index in [0.29, 0.717) is 24.0 Å². The Kier molecular flexibility index (Phi) is 9.81. The standard InChI is InChI=1S/C31H25F4N5O3.U/c1-37-27(42)24-22-16-21(18-5-3-6-19(15-18)26(41)40-30(12-4-13-30)29(36)38-2)23(11-14-31(33,34)35)39-28(22)43-25(24)17-7-9-20(32)10-8-17;/h2-3,5-10,15-16H,4,11-14H2,1H3,(H,37,42)(H,40,41);/q-2;+2. The van der Waals surface area contributed by atoms with E-state index in [1.54, 1.807) is 12.1 Å². The Morgan fingerprint density at radius 2 is 1.80 bits per heavy atom. The molecule has 0 radical (unpaired) electrons. The Bertz CT molecular complexity index is 1750. The number of pyridine rings is 1. The van der Waals surface area contributed by atoms with Gasteiger partial charge in [-0.2, -0.15) is 13.2 Å². The minimum Gasteiger partial charge on any atom is -0.646 e. The summed E-state index contributed by atoms with van der Waals surface area (Å²) in [6.07, 6.45) is -4.54. The van der Waals surface area contributed by atoms with Crippen LogP contribution < -0.4 is 10.6 Å². The smallest absolute Gasteiger partial charge is 0.646 e. The number of amidine groups is 1. The average Bonchev–Trinajstić information content (AvgIpc) is 3.34. The number of carbonyl (C=O) groups excluding carboxylic acids is 2. The molecule has 1 aliphatic carbocycles. The summed E-state index contributed by atoms with van der Waals surface area (Å²) in [5, 5.41) is 15.7. The molecule has 2 heterocycles. The maximum Gasteiger partial charge on any atom is 2.00 e. The topological polar surface area (TPSA) is 119 Å². The van der Waals surface area contributed by atoms with Gasteiger partial charge in [0.2, 0.25) is 5.71 Å². The number of aromatic nitrogens is 1. The Labute approximate surface area is 273 Å². The third-order valence-corrected chi connectivity index (χ3v) is 7.51. The van der Waals surface area contributed by atoms with Gasteiger partial charge in [0.1, 0.15) is 11.6 Å². The molecule has 8 nitrogen and oxygen atoms in total. The van der Waals surface area contributed by atoms with E-state index in [1.165, 1.54) is 49.5 Å². The first-order chi connectivity index (χ1) is 20.4. The normalized spacial score (nSPS) is 13.8. The van der Waals surface area contributed by atoms with E-state index in [1.807, 2.05) is 0 Å². The number of rotatable bonds is 8. The monoisotopic (exact) mass is 829 g/mol. The predicted molar refractivity (Wildman–Crippen MR) is 154 cm³/mol. The number of aryl methyl sites for hydroxylation is 1. The Morgan fingerprint density at radius 3 is 2.39 bits per heavy atom. The second-order valence-corrected chi connectivity index (χ2v) is 10.3. The summed E-state index contributed by atoms with van der Waals surface area (Å²) in [6.45, 7) is 5.24. The summed E-state index contributed by atoms with van der Waals surface area (Å²) < 4.78 is 59.4. The van der Waals surface area contributed by atoms with Gasteiger partial charge in [-0.15, -0.1) is 0 Å². The SMILES string of the molecule is [CH-]=NC(=[N-])C1(NC(=O)c2cccc(-c3cc4c(C(=O)NC)c(-c5ccc(F)cc5)oc4nc3CCC(F)(F)F)c2)CCC1.[U+2]. The molecule has 1 saturated carbocycles. The van der Waals surface area contributed by atoms with Gasteiger partial charge >= 0.3 is 37.3 Å². The fourth-order valence-corrected chi connectivity index (χ4v) is 5.09. The number of hydrogen-bond acceptors (Lipinski definition) is 4. The number of carbonyl (C=O) groups is 2. The van der Waals surface area contributed by atoms with Crippen molar-refractivity contribution in [3.8, 4) is 22.5 Å². The van der Waals surface area contributed by atoms with E-state index in [2.05, 4.69) is 20.6 Å². The van der Waals surface area contributed by atoms with E-state index in [-0.39, 0.29) is 70.4 Å². The zero-order chi connectivity index (χ0) is 30.9. The molecule has 0 bridgehead atoms. The number of hydrogen-bond donors (Lipinski definition) is 2. The van der Waals surface area contributed by atoms with Crippen molar-refractivity contribution in [2.75, 3.05) is 7.05 Å². The average molecular weight is 830 g/mol. The Balaban J connectivity index is 0.00000442. The van der Waals surface area contributed by atoms with Gasteiger partial charge in [0.25, 0.3) is 11.8 Å². The second kappa shape index (κ2) is 13.0. The fourth-order valence-electron chi connectivity index (χ4n) is 5.09. The maximum absolute atomic E-state index is 13.6. The van der Waals surface area contributed by atoms with Crippen LogP contribution in [0.15, 0.2) is 64.0 Å². The van der Waals surface area contributed by atoms with Crippen LogP contribution in [0.4, 0.5) is 17.6 Å². The van der Waals surface area contributed by atoms with E-state index in [0.717, 1.165) is 6.42 Å². The molecule has 2 aromatic heterocycles. The number of furan rings is 1. The molecule has 13 heteroatoms. The van der Waals surface area contributed by atoms with Gasteiger partial charge in [-0.3, -0.25) is 9.59 Å². The van der Waals surface area contributed by atoms with Crippen LogP contribution >= 0.6 is 0 Å². The quantitative estimate of drug-likeness (QED) is 0.0932. The van der Waals surface area contributed by atoms with Crippen LogP contribution in [-0.4, -0.2) is 48.1 Å². The van der Waals surface area contributed by atoms with E-state index in [4.69, 9.17) is 11.1 Å². The molecule has 224 valence electrons. The summed E-state index contributed by atoms with van der Waals surface area (Å²) in [6, 6.07) is 12.9. The summed E-state index contributed by atoms with van der Waals surface area (Å²) in [5.74, 6) is -1.93. The first kappa shape index (κ1) is 33.1. The molecule has 4 aromatic rings. The van der Waals surface area contributed by atoms with Crippen LogP contribution in [0.3, 0.4) is 0 Å². The summed E-state index contributed by atoms with van der Waals surface area (Å²) in [4.78, 5) is 33.9. The fraction of sp³-hybridized carbons (Fsp3) is 0.258. The van der Waals surface area contributed by atoms with Crippen LogP contribution in [-0.2, 0) is 6.42 Å². The minimum atomic E-state index is -4.48. The number of nitrogens with zero attached hydrogens (tertiary/aromatic N) is 3. The van der Waals surface area contributed by atoms with Gasteiger partial charge < -0.3 is 32.2 Å². The van der Waals surface area contributed by atoms with Crippen molar-refractivity contribution in [1.29, 1.82) is 0 Å². The van der Waals surface area contributed by atoms with Crippen molar-refractivity contribution < 1.29 is 62.7 Å². The minimum absolute atomic E-state index is 0. The molecule has 0 saturated heterocycles. The molecule has 0 unspecified atom stereocenters. The van der Waals surface area contributed by atoms with E-state index >= 15 is 0 Å². The zero-order valence-corrected chi connectivity index (χ0v) is 27.6. The molecule has 5 rings (SSSR count). The summed E-state index contributed by atoms with van der Waals surface area (Å²) in [7, 11) is 1.41. The number of aliphatic imine (C=N–C) groups is 1. The number of nitrogens with one attached hydrogen (secondary N) is 2. The van der Waals surface area contributed by atoms with Gasteiger partial charge in [-0.05, 0) is 72.8 Å². The molecule has 2 N–H and O–H groups in total. The first-order valence-corrected chi connectivity index (χ1v) is 13.4. The molecule has 0 atom stereocenters. The molecule has 0 aliphatic heterocycles. The molecule has 44 heavy (non-hydrogen) atoms. The molecule has 1 fully saturated rings. The first-order valence-electron chi connectivity index (χ1n) is 13.4. The third kappa shape index (κ3) is 6.64. The van der Waals surface area contributed by atoms with Gasteiger partial charge in [0.15, 0.2) is 0 Å². The van der Waals surface area contributed by atoms with Gasteiger partial charge in [0.05, 0.1) is 16.6 Å². The van der Waals surface area contributed by atoms with Crippen molar-refractivity contribution in [3.05, 3.63) is 82.6 Å². The number of fused-ring (bicyclic) bond motifs is 1. The number of amides is 2. The molecule has 1 aliphatic rings. The van der Waals surface area contributed by atoms with Gasteiger partial charge in [-0.1, -0.05) is 18.6 Å². The Morgan fingerprint density at radius 1 is 1.09 bits per heavy atom. The van der Waals surface area contributed by atoms with Crippen molar-refractivity contribution in [3.63, 3.8) is 0 Å². The van der Waals surface area contributed by atoms with Crippen molar-refractivity contribution >= 4 is 35.5 Å².